The lowest BCUT2D eigenvalue weighted by molar-refractivity contribution is 0.454. The zero-order valence-corrected chi connectivity index (χ0v) is 26.8. The van der Waals surface area contributed by atoms with Crippen molar-refractivity contribution in [1.82, 2.24) is 9.55 Å². The van der Waals surface area contributed by atoms with Crippen molar-refractivity contribution in [2.75, 3.05) is 0 Å². The molecule has 0 saturated heterocycles. The number of halogens is 4. The number of rotatable bonds is 3. The third-order valence-corrected chi connectivity index (χ3v) is 10.1. The van der Waals surface area contributed by atoms with E-state index in [-0.39, 0.29) is 5.56 Å². The van der Waals surface area contributed by atoms with Crippen LogP contribution in [-0.2, 0) is 0 Å². The van der Waals surface area contributed by atoms with E-state index < -0.39 is 34.5 Å². The second-order valence-electron chi connectivity index (χ2n) is 12.7. The Morgan fingerprint density at radius 3 is 1.37 bits per heavy atom. The van der Waals surface area contributed by atoms with Gasteiger partial charge < -0.3 is 4.57 Å². The number of hydrogen-bond donors (Lipinski definition) is 0. The van der Waals surface area contributed by atoms with Crippen LogP contribution in [-0.4, -0.2) is 9.55 Å². The topological polar surface area (TPSA) is 17.8 Å². The van der Waals surface area contributed by atoms with E-state index >= 15 is 17.6 Å². The van der Waals surface area contributed by atoms with Gasteiger partial charge in [0.1, 0.15) is 5.69 Å². The number of fused-ring (bicyclic) bond motifs is 11. The van der Waals surface area contributed by atoms with E-state index in [9.17, 15) is 0 Å². The summed E-state index contributed by atoms with van der Waals surface area (Å²) in [7, 11) is 0. The fraction of sp³-hybridized carbons (Fsp3) is 0. The Morgan fingerprint density at radius 2 is 0.804 bits per heavy atom. The standard InChI is InChI=1S/C45H24F4N2/c46-40-37(41(47)43(49)45(42(40)48)51-35-19-9-6-13-29(35)30-14-7-10-20-36(30)51)25-21-23-26(24-22-25)44-39-32-16-4-2-12-28(32)27-11-1-3-15-31(27)38(39)33-17-5-8-18-34(33)50-44/h1-24H. The van der Waals surface area contributed by atoms with Crippen LogP contribution in [0.3, 0.4) is 0 Å². The summed E-state index contributed by atoms with van der Waals surface area (Å²) in [6, 6.07) is 44.8. The first kappa shape index (κ1) is 29.4. The second-order valence-corrected chi connectivity index (χ2v) is 12.7. The van der Waals surface area contributed by atoms with E-state index in [0.717, 1.165) is 43.2 Å². The van der Waals surface area contributed by atoms with E-state index in [1.807, 2.05) is 54.6 Å². The molecular formula is C45H24F4N2. The summed E-state index contributed by atoms with van der Waals surface area (Å²) >= 11 is 0. The minimum atomic E-state index is -1.47. The van der Waals surface area contributed by atoms with Crippen LogP contribution in [0.15, 0.2) is 146 Å². The molecule has 0 aliphatic heterocycles. The van der Waals surface area contributed by atoms with Crippen molar-refractivity contribution in [2.45, 2.75) is 0 Å². The SMILES string of the molecule is Fc1c(F)c(-n2c3ccccc3c3ccccc32)c(F)c(F)c1-c1ccc(-c2nc3ccccc3c3c4ccccc4c4ccccc4c23)cc1. The maximum Gasteiger partial charge on any atom is 0.186 e. The lowest BCUT2D eigenvalue weighted by Gasteiger charge is -2.17. The van der Waals surface area contributed by atoms with E-state index in [4.69, 9.17) is 4.98 Å². The van der Waals surface area contributed by atoms with Gasteiger partial charge in [0.2, 0.25) is 0 Å². The Hall–Kier alpha value is -6.53. The third-order valence-electron chi connectivity index (χ3n) is 10.1. The Kier molecular flexibility index (Phi) is 6.33. The van der Waals surface area contributed by atoms with Gasteiger partial charge in [0.15, 0.2) is 23.3 Å². The molecule has 0 radical (unpaired) electrons. The number of benzene rings is 8. The van der Waals surface area contributed by atoms with Gasteiger partial charge in [-0.15, -0.1) is 0 Å². The molecule has 10 rings (SSSR count). The molecule has 0 aliphatic carbocycles. The molecule has 51 heavy (non-hydrogen) atoms. The smallest absolute Gasteiger partial charge is 0.186 e. The second kappa shape index (κ2) is 11.0. The van der Waals surface area contributed by atoms with E-state index in [0.29, 0.717) is 33.1 Å². The number of hydrogen-bond acceptors (Lipinski definition) is 1. The highest BCUT2D eigenvalue weighted by Crippen LogP contribution is 2.44. The molecule has 0 saturated carbocycles. The molecule has 2 aromatic heterocycles. The monoisotopic (exact) mass is 668 g/mol. The van der Waals surface area contributed by atoms with E-state index in [1.54, 1.807) is 48.5 Å². The van der Waals surface area contributed by atoms with Gasteiger partial charge in [-0.3, -0.25) is 0 Å². The van der Waals surface area contributed by atoms with Crippen molar-refractivity contribution in [1.29, 1.82) is 0 Å². The average Bonchev–Trinajstić information content (AvgIpc) is 3.51. The number of nitrogens with zero attached hydrogens (tertiary/aromatic N) is 2. The number of pyridine rings is 1. The molecule has 0 bridgehead atoms. The van der Waals surface area contributed by atoms with Crippen molar-refractivity contribution in [2.24, 2.45) is 0 Å². The molecule has 242 valence electrons. The molecule has 2 nitrogen and oxygen atoms in total. The van der Waals surface area contributed by atoms with Gasteiger partial charge in [0.05, 0.1) is 27.8 Å². The minimum absolute atomic E-state index is 0.000671. The number of aromatic nitrogens is 2. The summed E-state index contributed by atoms with van der Waals surface area (Å²) in [6.45, 7) is 0. The molecule has 0 fully saturated rings. The van der Waals surface area contributed by atoms with Crippen LogP contribution in [0, 0.1) is 23.3 Å². The fourth-order valence-electron chi connectivity index (χ4n) is 7.86. The van der Waals surface area contributed by atoms with E-state index in [2.05, 4.69) is 30.3 Å². The molecule has 0 spiro atoms. The van der Waals surface area contributed by atoms with Crippen molar-refractivity contribution < 1.29 is 17.6 Å². The van der Waals surface area contributed by atoms with Crippen molar-refractivity contribution in [3.63, 3.8) is 0 Å². The summed E-state index contributed by atoms with van der Waals surface area (Å²) in [6.07, 6.45) is 0. The molecular weight excluding hydrogens is 645 g/mol. The van der Waals surface area contributed by atoms with E-state index in [1.165, 1.54) is 16.7 Å². The largest absolute Gasteiger partial charge is 0.304 e. The Labute approximate surface area is 288 Å². The van der Waals surface area contributed by atoms with Crippen LogP contribution in [0.4, 0.5) is 17.6 Å². The summed E-state index contributed by atoms with van der Waals surface area (Å²) in [5.74, 6) is -5.88. The third kappa shape index (κ3) is 4.13. The molecule has 6 heteroatoms. The predicted molar refractivity (Wildman–Crippen MR) is 199 cm³/mol. The molecule has 0 N–H and O–H groups in total. The van der Waals surface area contributed by atoms with Crippen molar-refractivity contribution in [3.05, 3.63) is 169 Å². The summed E-state index contributed by atoms with van der Waals surface area (Å²) < 4.78 is 65.7. The number of para-hydroxylation sites is 3. The summed E-state index contributed by atoms with van der Waals surface area (Å²) in [4.78, 5) is 5.12. The molecule has 8 aromatic carbocycles. The lowest BCUT2D eigenvalue weighted by Crippen LogP contribution is -2.09. The summed E-state index contributed by atoms with van der Waals surface area (Å²) in [5.41, 5.74) is 1.48. The zero-order chi connectivity index (χ0) is 34.4. The minimum Gasteiger partial charge on any atom is -0.304 e. The Bertz CT molecular complexity index is 2990. The van der Waals surface area contributed by atoms with Gasteiger partial charge >= 0.3 is 0 Å². The van der Waals surface area contributed by atoms with Crippen LogP contribution in [0.25, 0.3) is 93.1 Å². The van der Waals surface area contributed by atoms with Gasteiger partial charge in [-0.1, -0.05) is 127 Å². The highest BCUT2D eigenvalue weighted by Gasteiger charge is 2.29. The zero-order valence-electron chi connectivity index (χ0n) is 26.8. The quantitative estimate of drug-likeness (QED) is 0.104. The molecule has 0 atom stereocenters. The van der Waals surface area contributed by atoms with Gasteiger partial charge in [0, 0.05) is 32.5 Å². The molecule has 0 aliphatic rings. The normalized spacial score (nSPS) is 11.9. The molecule has 2 heterocycles. The first-order valence-electron chi connectivity index (χ1n) is 16.6. The fourth-order valence-corrected chi connectivity index (χ4v) is 7.86. The van der Waals surface area contributed by atoms with Crippen molar-refractivity contribution in [3.8, 4) is 28.1 Å². The highest BCUT2D eigenvalue weighted by atomic mass is 19.2. The lowest BCUT2D eigenvalue weighted by atomic mass is 9.89. The van der Waals surface area contributed by atoms with Crippen LogP contribution >= 0.6 is 0 Å². The predicted octanol–water partition coefficient (Wildman–Crippen LogP) is 12.7. The van der Waals surface area contributed by atoms with Gasteiger partial charge in [-0.05, 0) is 45.3 Å². The first-order chi connectivity index (χ1) is 25.0. The van der Waals surface area contributed by atoms with Gasteiger partial charge in [0.25, 0.3) is 0 Å². The Balaban J connectivity index is 1.18. The van der Waals surface area contributed by atoms with Gasteiger partial charge in [-0.2, -0.15) is 0 Å². The van der Waals surface area contributed by atoms with Crippen LogP contribution in [0.1, 0.15) is 0 Å². The van der Waals surface area contributed by atoms with Crippen LogP contribution in [0.5, 0.6) is 0 Å². The first-order valence-corrected chi connectivity index (χ1v) is 16.6. The summed E-state index contributed by atoms with van der Waals surface area (Å²) in [5, 5.41) is 8.73. The molecule has 10 aromatic rings. The average molecular weight is 669 g/mol. The van der Waals surface area contributed by atoms with Crippen LogP contribution < -0.4 is 0 Å². The maximum absolute atomic E-state index is 16.1. The molecule has 0 amide bonds. The highest BCUT2D eigenvalue weighted by molar-refractivity contribution is 6.33. The van der Waals surface area contributed by atoms with Crippen molar-refractivity contribution >= 4 is 65.0 Å². The van der Waals surface area contributed by atoms with Gasteiger partial charge in [-0.25, -0.2) is 22.5 Å². The molecule has 0 unspecified atom stereocenters. The Morgan fingerprint density at radius 1 is 0.373 bits per heavy atom. The van der Waals surface area contributed by atoms with Crippen LogP contribution in [0.2, 0.25) is 0 Å². The maximum atomic E-state index is 16.1.